The quantitative estimate of drug-likeness (QED) is 0.596. The van der Waals surface area contributed by atoms with Gasteiger partial charge in [-0.15, -0.1) is 0 Å². The van der Waals surface area contributed by atoms with Gasteiger partial charge in [-0.3, -0.25) is 10.3 Å². The minimum atomic E-state index is 0.203. The summed E-state index contributed by atoms with van der Waals surface area (Å²) in [5.41, 5.74) is 5.61. The summed E-state index contributed by atoms with van der Waals surface area (Å²) in [5.74, 6) is 2.09. The highest BCUT2D eigenvalue weighted by Crippen LogP contribution is 2.26. The summed E-state index contributed by atoms with van der Waals surface area (Å²) >= 11 is 0. The molecule has 1 fully saturated rings. The first-order valence-electron chi connectivity index (χ1n) is 7.61. The van der Waals surface area contributed by atoms with E-state index < -0.39 is 0 Å². The predicted molar refractivity (Wildman–Crippen MR) is 84.2 cm³/mol. The number of amidine groups is 1. The van der Waals surface area contributed by atoms with E-state index in [-0.39, 0.29) is 5.92 Å². The lowest BCUT2D eigenvalue weighted by molar-refractivity contribution is 0.164. The maximum Gasteiger partial charge on any atom is 0.161 e. The Kier molecular flexibility index (Phi) is 5.87. The Hall–Kier alpha value is -1.75. The first kappa shape index (κ1) is 15.6. The molecule has 0 saturated carbocycles. The molecule has 21 heavy (non-hydrogen) atoms. The fraction of sp³-hybridized carbons (Fsp3) is 0.562. The van der Waals surface area contributed by atoms with Gasteiger partial charge in [-0.05, 0) is 38.4 Å². The number of nitrogens with zero attached hydrogens (tertiary/aromatic N) is 1. The van der Waals surface area contributed by atoms with Gasteiger partial charge in [-0.1, -0.05) is 12.1 Å². The molecule has 1 unspecified atom stereocenters. The first-order valence-corrected chi connectivity index (χ1v) is 7.61. The van der Waals surface area contributed by atoms with E-state index in [4.69, 9.17) is 20.6 Å². The molecular formula is C16H25N3O2. The van der Waals surface area contributed by atoms with Gasteiger partial charge in [0.05, 0.1) is 12.4 Å². The molecule has 1 heterocycles. The molecule has 116 valence electrons. The number of benzene rings is 1. The number of likely N-dealkylation sites (tertiary alicyclic amines) is 1. The Morgan fingerprint density at radius 2 is 2.05 bits per heavy atom. The van der Waals surface area contributed by atoms with E-state index in [9.17, 15) is 0 Å². The van der Waals surface area contributed by atoms with Crippen molar-refractivity contribution < 1.29 is 9.47 Å². The highest BCUT2D eigenvalue weighted by molar-refractivity contribution is 5.79. The smallest absolute Gasteiger partial charge is 0.161 e. The molecule has 1 aliphatic heterocycles. The maximum absolute atomic E-state index is 7.57. The van der Waals surface area contributed by atoms with E-state index in [0.29, 0.717) is 19.0 Å². The standard InChI is InChI=1S/C16H25N3O2/c1-2-20-14-7-3-4-8-15(14)21-11-10-19-9-5-6-13(12-19)16(17)18/h3-4,7-8,13H,2,5-6,9-12H2,1H3,(H3,17,18). The van der Waals surface area contributed by atoms with Crippen LogP contribution in [0.5, 0.6) is 11.5 Å². The average Bonchev–Trinajstić information content (AvgIpc) is 2.49. The monoisotopic (exact) mass is 291 g/mol. The summed E-state index contributed by atoms with van der Waals surface area (Å²) < 4.78 is 11.4. The van der Waals surface area contributed by atoms with Crippen LogP contribution < -0.4 is 15.2 Å². The van der Waals surface area contributed by atoms with Gasteiger partial charge >= 0.3 is 0 Å². The van der Waals surface area contributed by atoms with Gasteiger partial charge in [-0.25, -0.2) is 0 Å². The van der Waals surface area contributed by atoms with Crippen LogP contribution in [0.3, 0.4) is 0 Å². The number of rotatable bonds is 7. The van der Waals surface area contributed by atoms with Gasteiger partial charge in [0, 0.05) is 19.0 Å². The van der Waals surface area contributed by atoms with Crippen LogP contribution in [-0.4, -0.2) is 43.6 Å². The van der Waals surface area contributed by atoms with Crippen LogP contribution in [0.25, 0.3) is 0 Å². The van der Waals surface area contributed by atoms with Crippen LogP contribution in [0.4, 0.5) is 0 Å². The molecule has 0 aromatic heterocycles. The molecule has 5 nitrogen and oxygen atoms in total. The predicted octanol–water partition coefficient (Wildman–Crippen LogP) is 2.11. The third kappa shape index (κ3) is 4.63. The molecule has 0 bridgehead atoms. The lowest BCUT2D eigenvalue weighted by Gasteiger charge is -2.31. The molecule has 1 aromatic carbocycles. The van der Waals surface area contributed by atoms with Gasteiger partial charge in [0.1, 0.15) is 6.61 Å². The first-order chi connectivity index (χ1) is 10.2. The van der Waals surface area contributed by atoms with Crippen LogP contribution in [0.2, 0.25) is 0 Å². The molecule has 0 radical (unpaired) electrons. The van der Waals surface area contributed by atoms with Crippen LogP contribution in [0.1, 0.15) is 19.8 Å². The molecule has 5 heteroatoms. The van der Waals surface area contributed by atoms with Crippen LogP contribution in [-0.2, 0) is 0 Å². The third-order valence-corrected chi connectivity index (χ3v) is 3.76. The topological polar surface area (TPSA) is 71.6 Å². The number of hydrogen-bond donors (Lipinski definition) is 2. The summed E-state index contributed by atoms with van der Waals surface area (Å²) in [6.45, 7) is 5.99. The Bertz CT molecular complexity index is 465. The number of para-hydroxylation sites is 2. The van der Waals surface area contributed by atoms with Gasteiger partial charge < -0.3 is 15.2 Å². The number of ether oxygens (including phenoxy) is 2. The van der Waals surface area contributed by atoms with Gasteiger partial charge in [0.15, 0.2) is 11.5 Å². The molecule has 1 aliphatic rings. The number of nitrogens with two attached hydrogens (primary N) is 1. The van der Waals surface area contributed by atoms with Crippen LogP contribution in [0, 0.1) is 11.3 Å². The Morgan fingerprint density at radius 3 is 2.71 bits per heavy atom. The molecule has 1 atom stereocenters. The van der Waals surface area contributed by atoms with Crippen molar-refractivity contribution in [3.63, 3.8) is 0 Å². The highest BCUT2D eigenvalue weighted by atomic mass is 16.5. The van der Waals surface area contributed by atoms with Gasteiger partial charge in [0.25, 0.3) is 0 Å². The van der Waals surface area contributed by atoms with Crippen molar-refractivity contribution in [1.29, 1.82) is 5.41 Å². The second-order valence-corrected chi connectivity index (χ2v) is 5.32. The van der Waals surface area contributed by atoms with Crippen molar-refractivity contribution in [3.05, 3.63) is 24.3 Å². The fourth-order valence-electron chi connectivity index (χ4n) is 2.64. The number of nitrogens with one attached hydrogen (secondary N) is 1. The molecule has 0 amide bonds. The van der Waals surface area contributed by atoms with Crippen LogP contribution >= 0.6 is 0 Å². The zero-order chi connectivity index (χ0) is 15.1. The minimum absolute atomic E-state index is 0.203. The maximum atomic E-state index is 7.57. The molecular weight excluding hydrogens is 266 g/mol. The lowest BCUT2D eigenvalue weighted by Crippen LogP contribution is -2.42. The largest absolute Gasteiger partial charge is 0.490 e. The zero-order valence-electron chi connectivity index (χ0n) is 12.7. The molecule has 3 N–H and O–H groups in total. The van der Waals surface area contributed by atoms with Crippen molar-refractivity contribution in [2.75, 3.05) is 32.8 Å². The third-order valence-electron chi connectivity index (χ3n) is 3.76. The molecule has 0 spiro atoms. The summed E-state index contributed by atoms with van der Waals surface area (Å²) in [7, 11) is 0. The Balaban J connectivity index is 1.80. The van der Waals surface area contributed by atoms with Crippen molar-refractivity contribution in [2.45, 2.75) is 19.8 Å². The van der Waals surface area contributed by atoms with E-state index >= 15 is 0 Å². The van der Waals surface area contributed by atoms with E-state index in [1.54, 1.807) is 0 Å². The van der Waals surface area contributed by atoms with Crippen LogP contribution in [0.15, 0.2) is 24.3 Å². The van der Waals surface area contributed by atoms with Gasteiger partial charge in [0.2, 0.25) is 0 Å². The molecule has 2 rings (SSSR count). The van der Waals surface area contributed by atoms with Gasteiger partial charge in [-0.2, -0.15) is 0 Å². The Morgan fingerprint density at radius 1 is 1.33 bits per heavy atom. The lowest BCUT2D eigenvalue weighted by atomic mass is 9.97. The van der Waals surface area contributed by atoms with Crippen molar-refractivity contribution in [3.8, 4) is 11.5 Å². The normalized spacial score (nSPS) is 19.2. The number of piperidine rings is 1. The average molecular weight is 291 g/mol. The molecule has 1 saturated heterocycles. The molecule has 0 aliphatic carbocycles. The second-order valence-electron chi connectivity index (χ2n) is 5.32. The molecule has 1 aromatic rings. The minimum Gasteiger partial charge on any atom is -0.490 e. The summed E-state index contributed by atoms with van der Waals surface area (Å²) in [6, 6.07) is 7.75. The number of hydrogen-bond acceptors (Lipinski definition) is 4. The van der Waals surface area contributed by atoms with Crippen molar-refractivity contribution in [2.24, 2.45) is 11.7 Å². The van der Waals surface area contributed by atoms with Crippen molar-refractivity contribution in [1.82, 2.24) is 4.90 Å². The Labute approximate surface area is 126 Å². The SMILES string of the molecule is CCOc1ccccc1OCCN1CCCC(C(=N)N)C1. The summed E-state index contributed by atoms with van der Waals surface area (Å²) in [4.78, 5) is 2.32. The van der Waals surface area contributed by atoms with E-state index in [1.807, 2.05) is 31.2 Å². The van der Waals surface area contributed by atoms with Crippen molar-refractivity contribution >= 4 is 5.84 Å². The van der Waals surface area contributed by atoms with E-state index in [2.05, 4.69) is 4.90 Å². The van der Waals surface area contributed by atoms with E-state index in [0.717, 1.165) is 44.0 Å². The van der Waals surface area contributed by atoms with E-state index in [1.165, 1.54) is 0 Å². The zero-order valence-corrected chi connectivity index (χ0v) is 12.7. The fourth-order valence-corrected chi connectivity index (χ4v) is 2.64. The summed E-state index contributed by atoms with van der Waals surface area (Å²) in [5, 5.41) is 7.57. The highest BCUT2D eigenvalue weighted by Gasteiger charge is 2.21. The second kappa shape index (κ2) is 7.88. The summed E-state index contributed by atoms with van der Waals surface area (Å²) in [6.07, 6.45) is 2.12.